The number of hydrogen-bond donors (Lipinski definition) is 0. The van der Waals surface area contributed by atoms with Crippen LogP contribution in [-0.4, -0.2) is 4.98 Å². The van der Waals surface area contributed by atoms with Crippen LogP contribution in [0.1, 0.15) is 29.8 Å². The molecule has 1 aliphatic carbocycles. The van der Waals surface area contributed by atoms with Gasteiger partial charge in [0.05, 0.1) is 0 Å². The highest BCUT2D eigenvalue weighted by Gasteiger charge is 2.02. The minimum Gasteiger partial charge on any atom is -0.258 e. The van der Waals surface area contributed by atoms with E-state index in [-0.39, 0.29) is 0 Å². The second-order valence-corrected chi connectivity index (χ2v) is 3.78. The summed E-state index contributed by atoms with van der Waals surface area (Å²) in [5.41, 5.74) is 4.83. The molecule has 0 saturated heterocycles. The highest BCUT2D eigenvalue weighted by molar-refractivity contribution is 5.75. The molecular formula is C13H15N. The van der Waals surface area contributed by atoms with Crippen LogP contribution in [0.3, 0.4) is 0 Å². The Morgan fingerprint density at radius 1 is 1.07 bits per heavy atom. The molecule has 1 aromatic rings. The number of hydrogen-bond acceptors (Lipinski definition) is 1. The Bertz CT molecular complexity index is 379. The topological polar surface area (TPSA) is 12.9 Å². The third-order valence-corrected chi connectivity index (χ3v) is 2.41. The van der Waals surface area contributed by atoms with Gasteiger partial charge in [-0.3, -0.25) is 4.98 Å². The van der Waals surface area contributed by atoms with Crippen LogP contribution in [-0.2, 0) is 0 Å². The van der Waals surface area contributed by atoms with Gasteiger partial charge in [0.1, 0.15) is 0 Å². The van der Waals surface area contributed by atoms with Crippen LogP contribution in [0.25, 0.3) is 5.57 Å². The van der Waals surface area contributed by atoms with E-state index in [9.17, 15) is 0 Å². The van der Waals surface area contributed by atoms with Crippen molar-refractivity contribution in [3.63, 3.8) is 0 Å². The van der Waals surface area contributed by atoms with Crippen molar-refractivity contribution in [3.05, 3.63) is 47.3 Å². The lowest BCUT2D eigenvalue weighted by molar-refractivity contribution is 1.04. The number of aromatic nitrogens is 1. The summed E-state index contributed by atoms with van der Waals surface area (Å²) in [6.07, 6.45) is 9.07. The van der Waals surface area contributed by atoms with E-state index in [0.29, 0.717) is 0 Å². The minimum atomic E-state index is 1.10. The summed E-state index contributed by atoms with van der Waals surface area (Å²) in [6.45, 7) is 4.09. The lowest BCUT2D eigenvalue weighted by Gasteiger charge is -2.08. The van der Waals surface area contributed by atoms with Gasteiger partial charge >= 0.3 is 0 Å². The Labute approximate surface area is 85.2 Å². The summed E-state index contributed by atoms with van der Waals surface area (Å²) in [5.74, 6) is 0. The van der Waals surface area contributed by atoms with Crippen molar-refractivity contribution in [3.8, 4) is 0 Å². The van der Waals surface area contributed by atoms with E-state index in [4.69, 9.17) is 0 Å². The Hall–Kier alpha value is -1.37. The summed E-state index contributed by atoms with van der Waals surface area (Å²) in [5, 5.41) is 0. The molecule has 1 aromatic heterocycles. The SMILES string of the molecule is Cc1cc(C2=CCCC=C2)cc(C)n1. The highest BCUT2D eigenvalue weighted by atomic mass is 14.7. The Balaban J connectivity index is 2.40. The van der Waals surface area contributed by atoms with Crippen LogP contribution in [0.4, 0.5) is 0 Å². The molecule has 0 spiro atoms. The van der Waals surface area contributed by atoms with E-state index in [1.165, 1.54) is 17.6 Å². The fraction of sp³-hybridized carbons (Fsp3) is 0.308. The maximum Gasteiger partial charge on any atom is 0.0382 e. The Morgan fingerprint density at radius 3 is 2.36 bits per heavy atom. The molecule has 0 aromatic carbocycles. The van der Waals surface area contributed by atoms with Crippen LogP contribution >= 0.6 is 0 Å². The summed E-state index contributed by atoms with van der Waals surface area (Å²) < 4.78 is 0. The number of aryl methyl sites for hydroxylation is 2. The summed E-state index contributed by atoms with van der Waals surface area (Å²) >= 11 is 0. The molecule has 1 nitrogen and oxygen atoms in total. The first-order valence-electron chi connectivity index (χ1n) is 5.08. The molecule has 1 aliphatic rings. The van der Waals surface area contributed by atoms with Gasteiger partial charge in [-0.15, -0.1) is 0 Å². The molecule has 2 rings (SSSR count). The van der Waals surface area contributed by atoms with Crippen LogP contribution < -0.4 is 0 Å². The van der Waals surface area contributed by atoms with Gasteiger partial charge < -0.3 is 0 Å². The van der Waals surface area contributed by atoms with Crippen molar-refractivity contribution < 1.29 is 0 Å². The first-order valence-corrected chi connectivity index (χ1v) is 5.08. The van der Waals surface area contributed by atoms with E-state index in [1.807, 2.05) is 13.8 Å². The monoisotopic (exact) mass is 185 g/mol. The zero-order valence-electron chi connectivity index (χ0n) is 8.75. The van der Waals surface area contributed by atoms with Crippen molar-refractivity contribution in [1.29, 1.82) is 0 Å². The maximum absolute atomic E-state index is 4.38. The molecule has 0 radical (unpaired) electrons. The zero-order valence-corrected chi connectivity index (χ0v) is 8.75. The van der Waals surface area contributed by atoms with Crippen molar-refractivity contribution >= 4 is 5.57 Å². The van der Waals surface area contributed by atoms with Crippen molar-refractivity contribution in [2.45, 2.75) is 26.7 Å². The molecule has 0 aliphatic heterocycles. The maximum atomic E-state index is 4.38. The van der Waals surface area contributed by atoms with Gasteiger partial charge in [0, 0.05) is 11.4 Å². The van der Waals surface area contributed by atoms with E-state index in [1.54, 1.807) is 0 Å². The average Bonchev–Trinajstić information content (AvgIpc) is 2.18. The van der Waals surface area contributed by atoms with Crippen molar-refractivity contribution in [2.75, 3.05) is 0 Å². The molecule has 0 saturated carbocycles. The molecule has 0 atom stereocenters. The lowest BCUT2D eigenvalue weighted by Crippen LogP contribution is -1.91. The zero-order chi connectivity index (χ0) is 9.97. The third kappa shape index (κ3) is 1.92. The van der Waals surface area contributed by atoms with Gasteiger partial charge in [-0.1, -0.05) is 18.2 Å². The molecule has 14 heavy (non-hydrogen) atoms. The molecule has 1 heterocycles. The van der Waals surface area contributed by atoms with E-state index >= 15 is 0 Å². The van der Waals surface area contributed by atoms with Gasteiger partial charge in [-0.05, 0) is 50.0 Å². The van der Waals surface area contributed by atoms with E-state index in [0.717, 1.165) is 17.8 Å². The number of allylic oxidation sites excluding steroid dienone is 4. The van der Waals surface area contributed by atoms with Gasteiger partial charge in [-0.25, -0.2) is 0 Å². The Morgan fingerprint density at radius 2 is 1.79 bits per heavy atom. The summed E-state index contributed by atoms with van der Waals surface area (Å²) in [4.78, 5) is 4.38. The highest BCUT2D eigenvalue weighted by Crippen LogP contribution is 2.22. The van der Waals surface area contributed by atoms with Gasteiger partial charge in [-0.2, -0.15) is 0 Å². The fourth-order valence-electron chi connectivity index (χ4n) is 1.83. The first-order chi connectivity index (χ1) is 6.75. The number of rotatable bonds is 1. The molecule has 0 unspecified atom stereocenters. The van der Waals surface area contributed by atoms with E-state index in [2.05, 4.69) is 35.3 Å². The number of nitrogens with zero attached hydrogens (tertiary/aromatic N) is 1. The van der Waals surface area contributed by atoms with Gasteiger partial charge in [0.2, 0.25) is 0 Å². The molecule has 0 amide bonds. The van der Waals surface area contributed by atoms with Crippen LogP contribution in [0.15, 0.2) is 30.4 Å². The van der Waals surface area contributed by atoms with Crippen LogP contribution in [0, 0.1) is 13.8 Å². The lowest BCUT2D eigenvalue weighted by atomic mass is 9.99. The molecule has 0 N–H and O–H groups in total. The van der Waals surface area contributed by atoms with Gasteiger partial charge in [0.15, 0.2) is 0 Å². The minimum absolute atomic E-state index is 1.10. The first kappa shape index (κ1) is 9.20. The summed E-state index contributed by atoms with van der Waals surface area (Å²) in [6, 6.07) is 4.29. The Kier molecular flexibility index (Phi) is 2.49. The standard InChI is InChI=1S/C13H15N/c1-10-8-13(9-11(2)14-10)12-6-4-3-5-7-12/h4,6-9H,3,5H2,1-2H3. The van der Waals surface area contributed by atoms with Crippen LogP contribution in [0.2, 0.25) is 0 Å². The number of pyridine rings is 1. The molecule has 0 bridgehead atoms. The van der Waals surface area contributed by atoms with Crippen molar-refractivity contribution in [2.24, 2.45) is 0 Å². The molecular weight excluding hydrogens is 170 g/mol. The average molecular weight is 185 g/mol. The predicted octanol–water partition coefficient (Wildman–Crippen LogP) is 3.43. The second kappa shape index (κ2) is 3.79. The third-order valence-electron chi connectivity index (χ3n) is 2.41. The quantitative estimate of drug-likeness (QED) is 0.653. The summed E-state index contributed by atoms with van der Waals surface area (Å²) in [7, 11) is 0. The van der Waals surface area contributed by atoms with Crippen LogP contribution in [0.5, 0.6) is 0 Å². The second-order valence-electron chi connectivity index (χ2n) is 3.78. The van der Waals surface area contributed by atoms with Crippen molar-refractivity contribution in [1.82, 2.24) is 4.98 Å². The van der Waals surface area contributed by atoms with Gasteiger partial charge in [0.25, 0.3) is 0 Å². The molecule has 72 valence electrons. The molecule has 0 fully saturated rings. The molecule has 1 heteroatoms. The predicted molar refractivity (Wildman–Crippen MR) is 60.1 cm³/mol. The fourth-order valence-corrected chi connectivity index (χ4v) is 1.83. The largest absolute Gasteiger partial charge is 0.258 e. The smallest absolute Gasteiger partial charge is 0.0382 e. The van der Waals surface area contributed by atoms with E-state index < -0.39 is 0 Å². The normalized spacial score (nSPS) is 15.4.